The molecule has 0 aromatic heterocycles. The van der Waals surface area contributed by atoms with E-state index in [0.717, 1.165) is 31.5 Å². The molecule has 0 aliphatic rings. The van der Waals surface area contributed by atoms with Gasteiger partial charge in [-0.1, -0.05) is 39.8 Å². The number of nitrogens with two attached hydrogens (primary N) is 1. The molecular weight excluding hydrogens is 262 g/mol. The fourth-order valence-electron chi connectivity index (χ4n) is 2.75. The Morgan fingerprint density at radius 1 is 1.29 bits per heavy atom. The lowest BCUT2D eigenvalue weighted by Gasteiger charge is -2.32. The zero-order chi connectivity index (χ0) is 15.8. The lowest BCUT2D eigenvalue weighted by Crippen LogP contribution is -2.36. The third-order valence-electron chi connectivity index (χ3n) is 3.76. The molecule has 4 heteroatoms. The first-order chi connectivity index (χ1) is 10.0. The highest BCUT2D eigenvalue weighted by atomic mass is 16.2. The zero-order valence-corrected chi connectivity index (χ0v) is 13.7. The van der Waals surface area contributed by atoms with E-state index in [1.807, 2.05) is 12.1 Å². The zero-order valence-electron chi connectivity index (χ0n) is 13.7. The van der Waals surface area contributed by atoms with Crippen LogP contribution in [0.5, 0.6) is 0 Å². The second kappa shape index (κ2) is 8.80. The van der Waals surface area contributed by atoms with Crippen molar-refractivity contribution >= 4 is 5.91 Å². The van der Waals surface area contributed by atoms with Crippen LogP contribution in [0.1, 0.15) is 56.5 Å². The van der Waals surface area contributed by atoms with Gasteiger partial charge in [0.25, 0.3) is 5.91 Å². The molecule has 0 bridgehead atoms. The van der Waals surface area contributed by atoms with Gasteiger partial charge in [-0.3, -0.25) is 15.1 Å². The average Bonchev–Trinajstić information content (AvgIpc) is 2.47. The highest BCUT2D eigenvalue weighted by Crippen LogP contribution is 2.16. The monoisotopic (exact) mass is 291 g/mol. The van der Waals surface area contributed by atoms with Crippen molar-refractivity contribution < 1.29 is 4.79 Å². The minimum absolute atomic E-state index is 0.241. The maximum Gasteiger partial charge on any atom is 0.265 e. The Balaban J connectivity index is 2.89. The van der Waals surface area contributed by atoms with Gasteiger partial charge in [0.05, 0.1) is 0 Å². The van der Waals surface area contributed by atoms with E-state index in [2.05, 4.69) is 44.1 Å². The molecule has 1 aromatic carbocycles. The van der Waals surface area contributed by atoms with Gasteiger partial charge in [-0.2, -0.15) is 0 Å². The predicted octanol–water partition coefficient (Wildman–Crippen LogP) is 2.94. The number of carbonyl (C=O) groups is 1. The van der Waals surface area contributed by atoms with E-state index in [1.165, 1.54) is 0 Å². The first-order valence-corrected chi connectivity index (χ1v) is 7.85. The summed E-state index contributed by atoms with van der Waals surface area (Å²) >= 11 is 0. The van der Waals surface area contributed by atoms with Crippen LogP contribution in [0.4, 0.5) is 0 Å². The van der Waals surface area contributed by atoms with Crippen molar-refractivity contribution in [1.29, 1.82) is 0 Å². The van der Waals surface area contributed by atoms with E-state index in [9.17, 15) is 4.79 Å². The molecule has 0 spiro atoms. The molecule has 1 amide bonds. The Morgan fingerprint density at radius 3 is 2.48 bits per heavy atom. The first kappa shape index (κ1) is 17.7. The normalized spacial score (nSPS) is 11.4. The highest BCUT2D eigenvalue weighted by molar-refractivity contribution is 5.93. The van der Waals surface area contributed by atoms with Crippen LogP contribution in [0, 0.1) is 5.92 Å². The Hall–Kier alpha value is -1.39. The summed E-state index contributed by atoms with van der Waals surface area (Å²) in [5.41, 5.74) is 3.96. The van der Waals surface area contributed by atoms with Crippen molar-refractivity contribution in [3.8, 4) is 0 Å². The molecule has 0 heterocycles. The van der Waals surface area contributed by atoms with E-state index in [0.29, 0.717) is 17.5 Å². The molecule has 1 aromatic rings. The fraction of sp³-hybridized carbons (Fsp3) is 0.588. The Morgan fingerprint density at radius 2 is 1.95 bits per heavy atom. The summed E-state index contributed by atoms with van der Waals surface area (Å²) in [6.07, 6.45) is 2.29. The van der Waals surface area contributed by atoms with Crippen LogP contribution in [0.25, 0.3) is 0 Å². The Bertz CT molecular complexity index is 441. The summed E-state index contributed by atoms with van der Waals surface area (Å²) in [6, 6.07) is 8.29. The quantitative estimate of drug-likeness (QED) is 0.440. The van der Waals surface area contributed by atoms with Gasteiger partial charge in [-0.15, -0.1) is 0 Å². The molecule has 21 heavy (non-hydrogen) atoms. The molecule has 3 N–H and O–H groups in total. The Kier molecular flexibility index (Phi) is 7.40. The number of hydrogen-bond donors (Lipinski definition) is 2. The van der Waals surface area contributed by atoms with Gasteiger partial charge in [0.2, 0.25) is 0 Å². The maximum atomic E-state index is 11.6. The highest BCUT2D eigenvalue weighted by Gasteiger charge is 2.17. The SMILES string of the molecule is CCC(CC)N(Cc1cccc(C(=O)NN)c1)CC(C)C. The molecule has 4 nitrogen and oxygen atoms in total. The van der Waals surface area contributed by atoms with Crippen LogP contribution in [-0.4, -0.2) is 23.4 Å². The lowest BCUT2D eigenvalue weighted by molar-refractivity contribution is 0.0953. The van der Waals surface area contributed by atoms with Gasteiger partial charge < -0.3 is 0 Å². The summed E-state index contributed by atoms with van der Waals surface area (Å²) in [4.78, 5) is 14.1. The summed E-state index contributed by atoms with van der Waals surface area (Å²) in [5.74, 6) is 5.59. The standard InChI is InChI=1S/C17H29N3O/c1-5-16(6-2)20(11-13(3)4)12-14-8-7-9-15(10-14)17(21)19-18/h7-10,13,16H,5-6,11-12,18H2,1-4H3,(H,19,21). The van der Waals surface area contributed by atoms with Crippen molar-refractivity contribution in [2.75, 3.05) is 6.54 Å². The van der Waals surface area contributed by atoms with Crippen LogP contribution in [-0.2, 0) is 6.54 Å². The number of nitrogen functional groups attached to an aromatic ring is 1. The summed E-state index contributed by atoms with van der Waals surface area (Å²) in [6.45, 7) is 10.9. The van der Waals surface area contributed by atoms with E-state index in [-0.39, 0.29) is 5.91 Å². The van der Waals surface area contributed by atoms with Crippen molar-refractivity contribution in [3.63, 3.8) is 0 Å². The molecule has 0 saturated heterocycles. The number of rotatable bonds is 8. The molecular formula is C17H29N3O. The third-order valence-corrected chi connectivity index (χ3v) is 3.76. The molecule has 0 fully saturated rings. The molecule has 0 unspecified atom stereocenters. The number of amides is 1. The second-order valence-corrected chi connectivity index (χ2v) is 5.97. The largest absolute Gasteiger partial charge is 0.296 e. The van der Waals surface area contributed by atoms with E-state index >= 15 is 0 Å². The molecule has 0 radical (unpaired) electrons. The van der Waals surface area contributed by atoms with Gasteiger partial charge in [0.1, 0.15) is 0 Å². The number of carbonyl (C=O) groups excluding carboxylic acids is 1. The second-order valence-electron chi connectivity index (χ2n) is 5.97. The van der Waals surface area contributed by atoms with Crippen molar-refractivity contribution in [2.24, 2.45) is 11.8 Å². The first-order valence-electron chi connectivity index (χ1n) is 7.85. The topological polar surface area (TPSA) is 58.4 Å². The minimum Gasteiger partial charge on any atom is -0.296 e. The van der Waals surface area contributed by atoms with Gasteiger partial charge in [-0.25, -0.2) is 5.84 Å². The summed E-state index contributed by atoms with van der Waals surface area (Å²) in [7, 11) is 0. The van der Waals surface area contributed by atoms with Gasteiger partial charge in [0.15, 0.2) is 0 Å². The van der Waals surface area contributed by atoms with Crippen LogP contribution in [0.2, 0.25) is 0 Å². The molecule has 118 valence electrons. The van der Waals surface area contributed by atoms with Crippen molar-refractivity contribution in [2.45, 2.75) is 53.1 Å². The van der Waals surface area contributed by atoms with E-state index in [4.69, 9.17) is 5.84 Å². The number of hydrazine groups is 1. The number of nitrogens with one attached hydrogen (secondary N) is 1. The smallest absolute Gasteiger partial charge is 0.265 e. The van der Waals surface area contributed by atoms with Crippen LogP contribution < -0.4 is 11.3 Å². The molecule has 0 atom stereocenters. The predicted molar refractivity (Wildman–Crippen MR) is 87.7 cm³/mol. The van der Waals surface area contributed by atoms with Gasteiger partial charge in [0, 0.05) is 24.7 Å². The third kappa shape index (κ3) is 5.48. The van der Waals surface area contributed by atoms with E-state index < -0.39 is 0 Å². The molecule has 1 rings (SSSR count). The van der Waals surface area contributed by atoms with Crippen LogP contribution >= 0.6 is 0 Å². The molecule has 0 aliphatic heterocycles. The Labute approximate surface area is 128 Å². The molecule has 0 saturated carbocycles. The number of nitrogens with zero attached hydrogens (tertiary/aromatic N) is 1. The van der Waals surface area contributed by atoms with E-state index in [1.54, 1.807) is 6.07 Å². The van der Waals surface area contributed by atoms with Gasteiger partial charge in [-0.05, 0) is 36.5 Å². The summed E-state index contributed by atoms with van der Waals surface area (Å²) in [5, 5.41) is 0. The minimum atomic E-state index is -0.241. The number of hydrogen-bond acceptors (Lipinski definition) is 3. The van der Waals surface area contributed by atoms with Crippen LogP contribution in [0.3, 0.4) is 0 Å². The lowest BCUT2D eigenvalue weighted by atomic mass is 10.0. The van der Waals surface area contributed by atoms with Crippen molar-refractivity contribution in [1.82, 2.24) is 10.3 Å². The summed E-state index contributed by atoms with van der Waals surface area (Å²) < 4.78 is 0. The van der Waals surface area contributed by atoms with Gasteiger partial charge >= 0.3 is 0 Å². The molecule has 0 aliphatic carbocycles. The van der Waals surface area contributed by atoms with Crippen LogP contribution in [0.15, 0.2) is 24.3 Å². The van der Waals surface area contributed by atoms with Crippen molar-refractivity contribution in [3.05, 3.63) is 35.4 Å². The fourth-order valence-corrected chi connectivity index (χ4v) is 2.75. The maximum absolute atomic E-state index is 11.6. The average molecular weight is 291 g/mol. The number of benzene rings is 1.